The summed E-state index contributed by atoms with van der Waals surface area (Å²) >= 11 is 12.3. The zero-order valence-corrected chi connectivity index (χ0v) is 17.1. The maximum Gasteiger partial charge on any atom is 0.245 e. The predicted molar refractivity (Wildman–Crippen MR) is 111 cm³/mol. The molecule has 0 aliphatic carbocycles. The van der Waals surface area contributed by atoms with Crippen LogP contribution in [0.1, 0.15) is 16.7 Å². The molecule has 6 heteroatoms. The summed E-state index contributed by atoms with van der Waals surface area (Å²) < 4.78 is 28.3. The largest absolute Gasteiger partial charge is 0.245 e. The Balaban J connectivity index is 2.04. The van der Waals surface area contributed by atoms with Crippen LogP contribution in [0.5, 0.6) is 0 Å². The fourth-order valence-corrected chi connectivity index (χ4v) is 4.99. The lowest BCUT2D eigenvalue weighted by Gasteiger charge is -2.23. The van der Waals surface area contributed by atoms with Gasteiger partial charge in [-0.3, -0.25) is 0 Å². The fourth-order valence-electron chi connectivity index (χ4n) is 2.77. The van der Waals surface area contributed by atoms with E-state index in [4.69, 9.17) is 23.2 Å². The van der Waals surface area contributed by atoms with Crippen molar-refractivity contribution >= 4 is 33.2 Å². The summed E-state index contributed by atoms with van der Waals surface area (Å²) in [7, 11) is -3.82. The number of halogens is 2. The molecule has 0 spiro atoms. The first-order valence-corrected chi connectivity index (χ1v) is 10.6. The summed E-state index contributed by atoms with van der Waals surface area (Å²) in [5.41, 5.74) is 2.47. The minimum absolute atomic E-state index is 0.0675. The van der Waals surface area contributed by atoms with E-state index in [1.165, 1.54) is 16.4 Å². The van der Waals surface area contributed by atoms with Crippen molar-refractivity contribution in [1.29, 1.82) is 0 Å². The third-order valence-corrected chi connectivity index (χ3v) is 6.90. The molecule has 3 aromatic carbocycles. The molecule has 0 N–H and O–H groups in total. The normalized spacial score (nSPS) is 11.7. The van der Waals surface area contributed by atoms with Crippen LogP contribution in [0.4, 0.5) is 0 Å². The number of aryl methyl sites for hydroxylation is 1. The Hall–Kier alpha value is -1.85. The third kappa shape index (κ3) is 4.71. The molecule has 0 atom stereocenters. The first-order valence-electron chi connectivity index (χ1n) is 8.41. The zero-order valence-electron chi connectivity index (χ0n) is 14.8. The number of rotatable bonds is 6. The van der Waals surface area contributed by atoms with Crippen LogP contribution in [0.3, 0.4) is 0 Å². The van der Waals surface area contributed by atoms with Gasteiger partial charge in [0, 0.05) is 18.1 Å². The van der Waals surface area contributed by atoms with Gasteiger partial charge in [-0.05, 0) is 35.7 Å². The van der Waals surface area contributed by atoms with Crippen molar-refractivity contribution in [3.05, 3.63) is 99.5 Å². The van der Waals surface area contributed by atoms with Crippen LogP contribution in [-0.4, -0.2) is 12.7 Å². The van der Waals surface area contributed by atoms with Crippen LogP contribution in [0.2, 0.25) is 10.0 Å². The van der Waals surface area contributed by atoms with Crippen LogP contribution in [0.25, 0.3) is 0 Å². The smallest absolute Gasteiger partial charge is 0.207 e. The molecule has 0 amide bonds. The van der Waals surface area contributed by atoms with Gasteiger partial charge in [0.2, 0.25) is 10.0 Å². The van der Waals surface area contributed by atoms with E-state index in [0.717, 1.165) is 11.1 Å². The number of hydrogen-bond acceptors (Lipinski definition) is 2. The standard InChI is InChI=1S/C21H19Cl2NO2S/c1-16-12-21(20(23)13-19(16)22)27(25,26)24(14-17-8-4-2-5-9-17)15-18-10-6-3-7-11-18/h2-13H,14-15H2,1H3. The second-order valence-electron chi connectivity index (χ2n) is 6.28. The molecule has 0 unspecified atom stereocenters. The summed E-state index contributed by atoms with van der Waals surface area (Å²) in [5, 5.41) is 0.563. The van der Waals surface area contributed by atoms with Gasteiger partial charge in [0.05, 0.1) is 5.02 Å². The molecule has 0 saturated carbocycles. The van der Waals surface area contributed by atoms with Crippen LogP contribution >= 0.6 is 23.2 Å². The first-order chi connectivity index (χ1) is 12.9. The summed E-state index contributed by atoms with van der Waals surface area (Å²) in [6.45, 7) is 2.25. The highest BCUT2D eigenvalue weighted by molar-refractivity contribution is 7.89. The minimum Gasteiger partial charge on any atom is -0.207 e. The molecule has 0 radical (unpaired) electrons. The molecule has 3 nitrogen and oxygen atoms in total. The van der Waals surface area contributed by atoms with Crippen molar-refractivity contribution in [3.8, 4) is 0 Å². The van der Waals surface area contributed by atoms with Gasteiger partial charge in [-0.1, -0.05) is 83.9 Å². The van der Waals surface area contributed by atoms with Crippen molar-refractivity contribution in [2.75, 3.05) is 0 Å². The highest BCUT2D eigenvalue weighted by Crippen LogP contribution is 2.31. The summed E-state index contributed by atoms with van der Waals surface area (Å²) in [4.78, 5) is 0.0675. The van der Waals surface area contributed by atoms with Gasteiger partial charge in [-0.25, -0.2) is 8.42 Å². The molecule has 0 saturated heterocycles. The summed E-state index contributed by atoms with van der Waals surface area (Å²) in [6, 6.07) is 22.0. The Labute approximate surface area is 170 Å². The van der Waals surface area contributed by atoms with E-state index in [9.17, 15) is 8.42 Å². The molecular weight excluding hydrogens is 401 g/mol. The third-order valence-electron chi connectivity index (χ3n) is 4.23. The van der Waals surface area contributed by atoms with Gasteiger partial charge < -0.3 is 0 Å². The Kier molecular flexibility index (Phi) is 6.22. The van der Waals surface area contributed by atoms with E-state index in [2.05, 4.69) is 0 Å². The average molecular weight is 420 g/mol. The van der Waals surface area contributed by atoms with Gasteiger partial charge in [-0.15, -0.1) is 0 Å². The van der Waals surface area contributed by atoms with Gasteiger partial charge in [0.15, 0.2) is 0 Å². The molecule has 0 bridgehead atoms. The zero-order chi connectivity index (χ0) is 19.4. The van der Waals surface area contributed by atoms with Crippen molar-refractivity contribution in [3.63, 3.8) is 0 Å². The fraction of sp³-hybridized carbons (Fsp3) is 0.143. The molecule has 3 rings (SSSR count). The Bertz CT molecular complexity index is 981. The van der Waals surface area contributed by atoms with E-state index in [1.807, 2.05) is 60.7 Å². The lowest BCUT2D eigenvalue weighted by atomic mass is 10.2. The topological polar surface area (TPSA) is 37.4 Å². The monoisotopic (exact) mass is 419 g/mol. The second kappa shape index (κ2) is 8.44. The number of hydrogen-bond donors (Lipinski definition) is 0. The van der Waals surface area contributed by atoms with Crippen molar-refractivity contribution in [2.24, 2.45) is 0 Å². The van der Waals surface area contributed by atoms with E-state index < -0.39 is 10.0 Å². The van der Waals surface area contributed by atoms with E-state index in [1.54, 1.807) is 6.92 Å². The van der Waals surface area contributed by atoms with E-state index in [-0.39, 0.29) is 23.0 Å². The SMILES string of the molecule is Cc1cc(S(=O)(=O)N(Cc2ccccc2)Cc2ccccc2)c(Cl)cc1Cl. The average Bonchev–Trinajstić information content (AvgIpc) is 2.66. The molecule has 0 fully saturated rings. The Morgan fingerprint density at radius 1 is 0.778 bits per heavy atom. The first kappa shape index (κ1) is 19.9. The number of sulfonamides is 1. The lowest BCUT2D eigenvalue weighted by Crippen LogP contribution is -2.30. The van der Waals surface area contributed by atoms with Gasteiger partial charge >= 0.3 is 0 Å². The van der Waals surface area contributed by atoms with Crippen LogP contribution in [0, 0.1) is 6.92 Å². The molecule has 140 valence electrons. The predicted octanol–water partition coefficient (Wildman–Crippen LogP) is 5.69. The number of benzene rings is 3. The molecule has 0 heterocycles. The van der Waals surface area contributed by atoms with Crippen molar-refractivity contribution in [2.45, 2.75) is 24.9 Å². The highest BCUT2D eigenvalue weighted by Gasteiger charge is 2.28. The van der Waals surface area contributed by atoms with Gasteiger partial charge in [0.25, 0.3) is 0 Å². The second-order valence-corrected chi connectivity index (χ2v) is 9.00. The summed E-state index contributed by atoms with van der Waals surface area (Å²) in [5.74, 6) is 0. The Morgan fingerprint density at radius 2 is 1.26 bits per heavy atom. The quantitative estimate of drug-likeness (QED) is 0.514. The summed E-state index contributed by atoms with van der Waals surface area (Å²) in [6.07, 6.45) is 0. The van der Waals surface area contributed by atoms with E-state index in [0.29, 0.717) is 10.6 Å². The Morgan fingerprint density at radius 3 is 1.74 bits per heavy atom. The molecular formula is C21H19Cl2NO2S. The maximum atomic E-state index is 13.4. The molecule has 27 heavy (non-hydrogen) atoms. The molecule has 0 aliphatic rings. The molecule has 3 aromatic rings. The van der Waals surface area contributed by atoms with Crippen LogP contribution < -0.4 is 0 Å². The lowest BCUT2D eigenvalue weighted by molar-refractivity contribution is 0.401. The van der Waals surface area contributed by atoms with Crippen molar-refractivity contribution < 1.29 is 8.42 Å². The van der Waals surface area contributed by atoms with Crippen LogP contribution in [0.15, 0.2) is 77.7 Å². The van der Waals surface area contributed by atoms with Crippen LogP contribution in [-0.2, 0) is 23.1 Å². The van der Waals surface area contributed by atoms with Crippen molar-refractivity contribution in [1.82, 2.24) is 4.31 Å². The minimum atomic E-state index is -3.82. The molecule has 0 aliphatic heterocycles. The number of nitrogens with zero attached hydrogens (tertiary/aromatic N) is 1. The maximum absolute atomic E-state index is 13.4. The highest BCUT2D eigenvalue weighted by atomic mass is 35.5. The van der Waals surface area contributed by atoms with Gasteiger partial charge in [0.1, 0.15) is 4.90 Å². The van der Waals surface area contributed by atoms with Gasteiger partial charge in [-0.2, -0.15) is 4.31 Å². The van der Waals surface area contributed by atoms with E-state index >= 15 is 0 Å². The molecule has 0 aromatic heterocycles.